The zero-order valence-corrected chi connectivity index (χ0v) is 20.2. The number of nitrogens with zero attached hydrogens (tertiary/aromatic N) is 1. The van der Waals surface area contributed by atoms with Gasteiger partial charge in [-0.05, 0) is 42.0 Å². The van der Waals surface area contributed by atoms with Crippen molar-refractivity contribution in [2.24, 2.45) is 0 Å². The van der Waals surface area contributed by atoms with Crippen molar-refractivity contribution < 1.29 is 18.0 Å². The second-order valence-corrected chi connectivity index (χ2v) is 9.78. The summed E-state index contributed by atoms with van der Waals surface area (Å²) in [6.07, 6.45) is 0. The lowest BCUT2D eigenvalue weighted by Gasteiger charge is -2.24. The van der Waals surface area contributed by atoms with E-state index in [4.69, 9.17) is 0 Å². The Morgan fingerprint density at radius 1 is 0.694 bits per heavy atom. The summed E-state index contributed by atoms with van der Waals surface area (Å²) in [7, 11) is -4.01. The molecule has 0 bridgehead atoms. The van der Waals surface area contributed by atoms with Gasteiger partial charge in [-0.2, -0.15) is 0 Å². The Kier molecular flexibility index (Phi) is 7.77. The maximum absolute atomic E-state index is 13.4. The molecule has 0 aromatic heterocycles. The first-order valence-electron chi connectivity index (χ1n) is 11.3. The van der Waals surface area contributed by atoms with Crippen LogP contribution in [0, 0.1) is 0 Å². The van der Waals surface area contributed by atoms with E-state index in [2.05, 4.69) is 10.6 Å². The number of carbonyl (C=O) groups excluding carboxylic acids is 2. The number of para-hydroxylation sites is 2. The Labute approximate surface area is 210 Å². The van der Waals surface area contributed by atoms with Gasteiger partial charge in [0.1, 0.15) is 6.54 Å². The molecule has 4 aromatic carbocycles. The number of sulfonamides is 1. The molecule has 182 valence electrons. The number of carbonyl (C=O) groups is 2. The van der Waals surface area contributed by atoms with Gasteiger partial charge in [-0.1, -0.05) is 78.9 Å². The summed E-state index contributed by atoms with van der Waals surface area (Å²) in [4.78, 5) is 26.0. The summed E-state index contributed by atoms with van der Waals surface area (Å²) in [5, 5.41) is 5.55. The highest BCUT2D eigenvalue weighted by Crippen LogP contribution is 2.24. The van der Waals surface area contributed by atoms with Crippen LogP contribution < -0.4 is 14.9 Å². The molecule has 0 aliphatic heterocycles. The maximum atomic E-state index is 13.4. The van der Waals surface area contributed by atoms with Crippen molar-refractivity contribution in [3.8, 4) is 0 Å². The van der Waals surface area contributed by atoms with Crippen molar-refractivity contribution in [1.29, 1.82) is 0 Å². The third-order valence-electron chi connectivity index (χ3n) is 5.40. The van der Waals surface area contributed by atoms with E-state index >= 15 is 0 Å². The van der Waals surface area contributed by atoms with Gasteiger partial charge >= 0.3 is 0 Å². The molecule has 4 aromatic rings. The van der Waals surface area contributed by atoms with E-state index in [1.54, 1.807) is 72.8 Å². The van der Waals surface area contributed by atoms with Crippen LogP contribution in [0.5, 0.6) is 0 Å². The smallest absolute Gasteiger partial charge is 0.264 e. The highest BCUT2D eigenvalue weighted by molar-refractivity contribution is 7.92. The molecule has 36 heavy (non-hydrogen) atoms. The largest absolute Gasteiger partial charge is 0.348 e. The third-order valence-corrected chi connectivity index (χ3v) is 7.19. The molecule has 0 heterocycles. The molecular formula is C28H25N3O4S. The molecule has 8 heteroatoms. The summed E-state index contributed by atoms with van der Waals surface area (Å²) in [5.41, 5.74) is 1.86. The minimum absolute atomic E-state index is 0.0716. The van der Waals surface area contributed by atoms with Crippen LogP contribution in [0.1, 0.15) is 15.9 Å². The molecule has 0 unspecified atom stereocenters. The molecule has 0 radical (unpaired) electrons. The van der Waals surface area contributed by atoms with Gasteiger partial charge in [0, 0.05) is 6.54 Å². The van der Waals surface area contributed by atoms with Crippen LogP contribution in [0.3, 0.4) is 0 Å². The summed E-state index contributed by atoms with van der Waals surface area (Å²) >= 11 is 0. The fourth-order valence-corrected chi connectivity index (χ4v) is 5.05. The van der Waals surface area contributed by atoms with Gasteiger partial charge in [-0.15, -0.1) is 0 Å². The van der Waals surface area contributed by atoms with Crippen LogP contribution in [0.2, 0.25) is 0 Å². The number of rotatable bonds is 9. The van der Waals surface area contributed by atoms with Crippen molar-refractivity contribution in [3.63, 3.8) is 0 Å². The number of anilines is 2. The SMILES string of the molecule is O=C(CN(c1ccccc1)S(=O)(=O)c1ccccc1)Nc1ccccc1C(=O)NCc1ccccc1. The molecule has 0 spiro atoms. The predicted octanol–water partition coefficient (Wildman–Crippen LogP) is 4.45. The molecule has 0 aliphatic carbocycles. The van der Waals surface area contributed by atoms with Gasteiger partial charge in [0.05, 0.1) is 21.8 Å². The first kappa shape index (κ1) is 24.7. The lowest BCUT2D eigenvalue weighted by Crippen LogP contribution is -2.38. The predicted molar refractivity (Wildman–Crippen MR) is 140 cm³/mol. The molecule has 0 atom stereocenters. The lowest BCUT2D eigenvalue weighted by atomic mass is 10.1. The quantitative estimate of drug-likeness (QED) is 0.356. The fraction of sp³-hybridized carbons (Fsp3) is 0.0714. The van der Waals surface area contributed by atoms with Gasteiger partial charge in [-0.3, -0.25) is 13.9 Å². The van der Waals surface area contributed by atoms with E-state index in [-0.39, 0.29) is 22.1 Å². The minimum atomic E-state index is -4.01. The Hall–Kier alpha value is -4.43. The van der Waals surface area contributed by atoms with E-state index in [1.165, 1.54) is 12.1 Å². The van der Waals surface area contributed by atoms with Crippen LogP contribution in [-0.4, -0.2) is 26.8 Å². The first-order chi connectivity index (χ1) is 17.4. The van der Waals surface area contributed by atoms with Gasteiger partial charge < -0.3 is 10.6 Å². The van der Waals surface area contributed by atoms with Crippen molar-refractivity contribution >= 4 is 33.2 Å². The normalized spacial score (nSPS) is 10.9. The highest BCUT2D eigenvalue weighted by atomic mass is 32.2. The lowest BCUT2D eigenvalue weighted by molar-refractivity contribution is -0.114. The topological polar surface area (TPSA) is 95.6 Å². The fourth-order valence-electron chi connectivity index (χ4n) is 3.61. The summed E-state index contributed by atoms with van der Waals surface area (Å²) in [6, 6.07) is 32.4. The average molecular weight is 500 g/mol. The molecule has 0 fully saturated rings. The van der Waals surface area contributed by atoms with Crippen molar-refractivity contribution in [3.05, 3.63) is 126 Å². The van der Waals surface area contributed by atoms with Gasteiger partial charge in [0.2, 0.25) is 5.91 Å². The zero-order chi connectivity index (χ0) is 25.4. The minimum Gasteiger partial charge on any atom is -0.348 e. The first-order valence-corrected chi connectivity index (χ1v) is 12.7. The van der Waals surface area contributed by atoms with E-state index < -0.39 is 22.5 Å². The standard InChI is InChI=1S/C28H25N3O4S/c32-27(21-31(23-14-6-2-7-15-23)36(34,35)24-16-8-3-9-17-24)30-26-19-11-10-18-25(26)28(33)29-20-22-12-4-1-5-13-22/h1-19H,20-21H2,(H,29,33)(H,30,32). The van der Waals surface area contributed by atoms with Crippen LogP contribution in [0.15, 0.2) is 120 Å². The van der Waals surface area contributed by atoms with Crippen molar-refractivity contribution in [2.75, 3.05) is 16.2 Å². The summed E-state index contributed by atoms with van der Waals surface area (Å²) in [5.74, 6) is -0.937. The van der Waals surface area contributed by atoms with E-state index in [0.717, 1.165) is 9.87 Å². The number of hydrogen-bond donors (Lipinski definition) is 2. The van der Waals surface area contributed by atoms with Gasteiger partial charge in [-0.25, -0.2) is 8.42 Å². The molecule has 0 saturated heterocycles. The van der Waals surface area contributed by atoms with Gasteiger partial charge in [0.25, 0.3) is 15.9 Å². The highest BCUT2D eigenvalue weighted by Gasteiger charge is 2.27. The van der Waals surface area contributed by atoms with E-state index in [0.29, 0.717) is 12.2 Å². The zero-order valence-electron chi connectivity index (χ0n) is 19.4. The Morgan fingerprint density at radius 2 is 1.25 bits per heavy atom. The van der Waals surface area contributed by atoms with E-state index in [1.807, 2.05) is 30.3 Å². The Morgan fingerprint density at radius 3 is 1.92 bits per heavy atom. The number of benzene rings is 4. The molecule has 4 rings (SSSR count). The second-order valence-electron chi connectivity index (χ2n) is 7.92. The Bertz CT molecular complexity index is 1430. The molecule has 0 saturated carbocycles. The molecule has 7 nitrogen and oxygen atoms in total. The maximum Gasteiger partial charge on any atom is 0.264 e. The van der Waals surface area contributed by atoms with Crippen LogP contribution in [-0.2, 0) is 21.4 Å². The van der Waals surface area contributed by atoms with Crippen molar-refractivity contribution in [1.82, 2.24) is 5.32 Å². The molecule has 2 amide bonds. The summed E-state index contributed by atoms with van der Waals surface area (Å²) < 4.78 is 27.8. The summed E-state index contributed by atoms with van der Waals surface area (Å²) in [6.45, 7) is -0.139. The monoisotopic (exact) mass is 499 g/mol. The van der Waals surface area contributed by atoms with Crippen LogP contribution in [0.4, 0.5) is 11.4 Å². The second kappa shape index (κ2) is 11.3. The number of amides is 2. The number of nitrogens with one attached hydrogen (secondary N) is 2. The molecular weight excluding hydrogens is 474 g/mol. The molecule has 2 N–H and O–H groups in total. The Balaban J connectivity index is 1.53. The van der Waals surface area contributed by atoms with E-state index in [9.17, 15) is 18.0 Å². The van der Waals surface area contributed by atoms with Crippen molar-refractivity contribution in [2.45, 2.75) is 11.4 Å². The third kappa shape index (κ3) is 5.97. The van der Waals surface area contributed by atoms with Crippen LogP contribution in [0.25, 0.3) is 0 Å². The average Bonchev–Trinajstić information content (AvgIpc) is 2.92. The van der Waals surface area contributed by atoms with Crippen LogP contribution >= 0.6 is 0 Å². The van der Waals surface area contributed by atoms with Gasteiger partial charge in [0.15, 0.2) is 0 Å². The number of hydrogen-bond acceptors (Lipinski definition) is 4. The molecule has 0 aliphatic rings.